The Morgan fingerprint density at radius 3 is 2.70 bits per heavy atom. The molecule has 3 heteroatoms. The molecule has 1 unspecified atom stereocenters. The van der Waals surface area contributed by atoms with Gasteiger partial charge in [-0.15, -0.1) is 0 Å². The van der Waals surface area contributed by atoms with Crippen molar-refractivity contribution in [3.8, 4) is 5.75 Å². The highest BCUT2D eigenvalue weighted by molar-refractivity contribution is 5.89. The van der Waals surface area contributed by atoms with Crippen LogP contribution in [0.5, 0.6) is 5.75 Å². The summed E-state index contributed by atoms with van der Waals surface area (Å²) in [5.41, 5.74) is 0.934. The van der Waals surface area contributed by atoms with Crippen molar-refractivity contribution >= 4 is 10.8 Å². The normalized spacial score (nSPS) is 23.5. The third-order valence-electron chi connectivity index (χ3n) is 4.32. The number of phenolic OH excluding ortho intramolecular Hbond substituents is 1. The third kappa shape index (κ3) is 2.51. The second-order valence-corrected chi connectivity index (χ2v) is 5.85. The maximum atomic E-state index is 10.4. The maximum Gasteiger partial charge on any atom is 0.128 e. The van der Waals surface area contributed by atoms with Crippen LogP contribution in [0.1, 0.15) is 31.4 Å². The summed E-state index contributed by atoms with van der Waals surface area (Å²) in [6, 6.07) is 12.0. The van der Waals surface area contributed by atoms with Gasteiger partial charge in [-0.05, 0) is 37.6 Å². The predicted molar refractivity (Wildman–Crippen MR) is 80.8 cm³/mol. The predicted octanol–water partition coefficient (Wildman–Crippen LogP) is 2.97. The van der Waals surface area contributed by atoms with Crippen molar-refractivity contribution in [2.75, 3.05) is 6.54 Å². The van der Waals surface area contributed by atoms with E-state index in [1.165, 1.54) is 0 Å². The Kier molecular flexibility index (Phi) is 3.64. The number of aliphatic hydroxyl groups is 1. The average Bonchev–Trinajstić information content (AvgIpc) is 2.43. The lowest BCUT2D eigenvalue weighted by molar-refractivity contribution is 0.0420. The number of benzene rings is 2. The van der Waals surface area contributed by atoms with Gasteiger partial charge in [0.25, 0.3) is 0 Å². The van der Waals surface area contributed by atoms with E-state index < -0.39 is 0 Å². The van der Waals surface area contributed by atoms with Crippen LogP contribution >= 0.6 is 0 Å². The van der Waals surface area contributed by atoms with Crippen LogP contribution < -0.4 is 5.32 Å². The van der Waals surface area contributed by atoms with E-state index in [1.54, 1.807) is 0 Å². The fourth-order valence-corrected chi connectivity index (χ4v) is 2.94. The summed E-state index contributed by atoms with van der Waals surface area (Å²) in [5.74, 6) is 0.937. The second kappa shape index (κ2) is 5.43. The van der Waals surface area contributed by atoms with Crippen molar-refractivity contribution in [3.05, 3.63) is 42.0 Å². The van der Waals surface area contributed by atoms with E-state index in [2.05, 4.69) is 18.3 Å². The van der Waals surface area contributed by atoms with E-state index >= 15 is 0 Å². The molecule has 0 heterocycles. The number of rotatable bonds is 4. The van der Waals surface area contributed by atoms with Gasteiger partial charge in [0.1, 0.15) is 5.75 Å². The summed E-state index contributed by atoms with van der Waals surface area (Å²) in [6.45, 7) is 2.96. The SMILES string of the molecule is CC(NCC1CC(O)C1)c1ccc2ccccc2c1O. The number of phenols is 1. The van der Waals surface area contributed by atoms with Gasteiger partial charge < -0.3 is 15.5 Å². The molecule has 2 aromatic rings. The molecule has 0 radical (unpaired) electrons. The van der Waals surface area contributed by atoms with Gasteiger partial charge in [-0.3, -0.25) is 0 Å². The van der Waals surface area contributed by atoms with Gasteiger partial charge in [0, 0.05) is 17.0 Å². The van der Waals surface area contributed by atoms with Crippen LogP contribution in [0, 0.1) is 5.92 Å². The highest BCUT2D eigenvalue weighted by Gasteiger charge is 2.27. The molecule has 0 spiro atoms. The van der Waals surface area contributed by atoms with Crippen molar-refractivity contribution < 1.29 is 10.2 Å². The van der Waals surface area contributed by atoms with Gasteiger partial charge in [-0.1, -0.05) is 36.4 Å². The Labute approximate surface area is 119 Å². The Bertz CT molecular complexity index is 605. The Morgan fingerprint density at radius 2 is 1.95 bits per heavy atom. The molecule has 1 aliphatic carbocycles. The van der Waals surface area contributed by atoms with Crippen molar-refractivity contribution in [3.63, 3.8) is 0 Å². The zero-order valence-electron chi connectivity index (χ0n) is 11.7. The minimum atomic E-state index is -0.105. The first-order chi connectivity index (χ1) is 9.65. The summed E-state index contributed by atoms with van der Waals surface area (Å²) >= 11 is 0. The molecule has 3 rings (SSSR count). The molecule has 0 amide bonds. The molecule has 0 aliphatic heterocycles. The highest BCUT2D eigenvalue weighted by Crippen LogP contribution is 2.33. The van der Waals surface area contributed by atoms with E-state index in [0.29, 0.717) is 11.7 Å². The highest BCUT2D eigenvalue weighted by atomic mass is 16.3. The number of hydrogen-bond donors (Lipinski definition) is 3. The fraction of sp³-hybridized carbons (Fsp3) is 0.412. The monoisotopic (exact) mass is 271 g/mol. The lowest BCUT2D eigenvalue weighted by Gasteiger charge is -2.32. The number of fused-ring (bicyclic) bond motifs is 1. The van der Waals surface area contributed by atoms with E-state index in [9.17, 15) is 10.2 Å². The molecule has 1 saturated carbocycles. The molecule has 20 heavy (non-hydrogen) atoms. The molecule has 1 aliphatic rings. The van der Waals surface area contributed by atoms with E-state index in [4.69, 9.17) is 0 Å². The largest absolute Gasteiger partial charge is 0.507 e. The van der Waals surface area contributed by atoms with Gasteiger partial charge in [0.2, 0.25) is 0 Å². The molecule has 106 valence electrons. The van der Waals surface area contributed by atoms with Crippen LogP contribution in [-0.2, 0) is 0 Å². The summed E-state index contributed by atoms with van der Waals surface area (Å²) in [6.07, 6.45) is 1.68. The molecule has 1 atom stereocenters. The van der Waals surface area contributed by atoms with Crippen molar-refractivity contribution in [1.29, 1.82) is 0 Å². The van der Waals surface area contributed by atoms with E-state index in [1.807, 2.05) is 30.3 Å². The number of aliphatic hydroxyl groups excluding tert-OH is 1. The summed E-state index contributed by atoms with van der Waals surface area (Å²) in [7, 11) is 0. The molecular formula is C17H21NO2. The summed E-state index contributed by atoms with van der Waals surface area (Å²) in [5, 5.41) is 25.1. The zero-order valence-corrected chi connectivity index (χ0v) is 11.7. The van der Waals surface area contributed by atoms with Crippen molar-refractivity contribution in [2.45, 2.75) is 31.9 Å². The molecule has 2 aromatic carbocycles. The third-order valence-corrected chi connectivity index (χ3v) is 4.32. The first-order valence-electron chi connectivity index (χ1n) is 7.27. The first-order valence-corrected chi connectivity index (χ1v) is 7.27. The van der Waals surface area contributed by atoms with Crippen LogP contribution in [0.15, 0.2) is 36.4 Å². The van der Waals surface area contributed by atoms with Crippen molar-refractivity contribution in [2.24, 2.45) is 5.92 Å². The summed E-state index contributed by atoms with van der Waals surface area (Å²) in [4.78, 5) is 0. The van der Waals surface area contributed by atoms with Crippen LogP contribution in [0.3, 0.4) is 0 Å². The molecule has 3 nitrogen and oxygen atoms in total. The van der Waals surface area contributed by atoms with Crippen molar-refractivity contribution in [1.82, 2.24) is 5.32 Å². The van der Waals surface area contributed by atoms with Gasteiger partial charge in [0.15, 0.2) is 0 Å². The summed E-state index contributed by atoms with van der Waals surface area (Å²) < 4.78 is 0. The average molecular weight is 271 g/mol. The van der Waals surface area contributed by atoms with Crippen LogP contribution in [0.4, 0.5) is 0 Å². The van der Waals surface area contributed by atoms with Gasteiger partial charge >= 0.3 is 0 Å². The number of aromatic hydroxyl groups is 1. The van der Waals surface area contributed by atoms with Crippen LogP contribution in [0.25, 0.3) is 10.8 Å². The number of hydrogen-bond acceptors (Lipinski definition) is 3. The molecule has 1 fully saturated rings. The second-order valence-electron chi connectivity index (χ2n) is 5.85. The number of nitrogens with one attached hydrogen (secondary N) is 1. The smallest absolute Gasteiger partial charge is 0.128 e. The van der Waals surface area contributed by atoms with E-state index in [0.717, 1.165) is 35.7 Å². The lowest BCUT2D eigenvalue weighted by Crippen LogP contribution is -2.37. The van der Waals surface area contributed by atoms with Gasteiger partial charge in [-0.25, -0.2) is 0 Å². The minimum absolute atomic E-state index is 0.105. The Hall–Kier alpha value is -1.58. The van der Waals surface area contributed by atoms with Gasteiger partial charge in [0.05, 0.1) is 6.10 Å². The first kappa shape index (κ1) is 13.4. The molecule has 3 N–H and O–H groups in total. The van der Waals surface area contributed by atoms with Crippen LogP contribution in [0.2, 0.25) is 0 Å². The minimum Gasteiger partial charge on any atom is -0.507 e. The zero-order chi connectivity index (χ0) is 14.1. The molecule has 0 aromatic heterocycles. The molecular weight excluding hydrogens is 250 g/mol. The fourth-order valence-electron chi connectivity index (χ4n) is 2.94. The molecule has 0 bridgehead atoms. The van der Waals surface area contributed by atoms with Crippen LogP contribution in [-0.4, -0.2) is 22.9 Å². The van der Waals surface area contributed by atoms with Gasteiger partial charge in [-0.2, -0.15) is 0 Å². The quantitative estimate of drug-likeness (QED) is 0.801. The standard InChI is InChI=1S/C17H21NO2/c1-11(18-10-12-8-14(19)9-12)15-7-6-13-4-2-3-5-16(13)17(15)20/h2-7,11-12,14,18-20H,8-10H2,1H3. The Balaban J connectivity index is 1.74. The molecule has 0 saturated heterocycles. The Morgan fingerprint density at radius 1 is 1.20 bits per heavy atom. The maximum absolute atomic E-state index is 10.4. The lowest BCUT2D eigenvalue weighted by atomic mass is 9.82. The topological polar surface area (TPSA) is 52.5 Å². The van der Waals surface area contributed by atoms with E-state index in [-0.39, 0.29) is 12.1 Å².